The fraction of sp³-hybridized carbons (Fsp3) is 0.250. The Kier molecular flexibility index (Phi) is 4.51. The molecule has 4 nitrogen and oxygen atoms in total. The predicted octanol–water partition coefficient (Wildman–Crippen LogP) is 5.91. The number of pyridine rings is 1. The molecule has 1 aromatic carbocycles. The zero-order valence-electron chi connectivity index (χ0n) is 15.9. The summed E-state index contributed by atoms with van der Waals surface area (Å²) in [4.78, 5) is 17.5. The number of allylic oxidation sites excluding steroid dienone is 2. The maximum atomic E-state index is 13.4. The Labute approximate surface area is 168 Å². The molecule has 0 radical (unpaired) electrons. The molecule has 0 bridgehead atoms. The van der Waals surface area contributed by atoms with Crippen LogP contribution in [0.1, 0.15) is 49.4 Å². The van der Waals surface area contributed by atoms with Crippen LogP contribution < -0.4 is 0 Å². The molecule has 2 heterocycles. The first-order valence-corrected chi connectivity index (χ1v) is 9.99. The summed E-state index contributed by atoms with van der Waals surface area (Å²) in [6.45, 7) is 0. The highest BCUT2D eigenvalue weighted by atomic mass is 19.1. The summed E-state index contributed by atoms with van der Waals surface area (Å²) >= 11 is 0. The van der Waals surface area contributed by atoms with E-state index in [1.807, 2.05) is 24.3 Å². The number of halogens is 1. The number of carbonyl (C=O) groups excluding carboxylic acids is 1. The lowest BCUT2D eigenvalue weighted by molar-refractivity contribution is -0.115. The van der Waals surface area contributed by atoms with E-state index < -0.39 is 0 Å². The number of hydrogen-bond acceptors (Lipinski definition) is 4. The second-order valence-corrected chi connectivity index (χ2v) is 7.61. The number of rotatable bonds is 2. The number of hydrogen-bond donors (Lipinski definition) is 0. The van der Waals surface area contributed by atoms with Crippen molar-refractivity contribution in [3.05, 3.63) is 93.7 Å². The molecule has 1 aliphatic heterocycles. The number of fused-ring (bicyclic) bond motifs is 1. The van der Waals surface area contributed by atoms with Crippen LogP contribution in [0.25, 0.3) is 6.08 Å². The quantitative estimate of drug-likeness (QED) is 0.645. The van der Waals surface area contributed by atoms with E-state index in [-0.39, 0.29) is 17.6 Å². The monoisotopic (exact) mass is 385 g/mol. The lowest BCUT2D eigenvalue weighted by Gasteiger charge is -2.25. The van der Waals surface area contributed by atoms with E-state index in [0.717, 1.165) is 58.5 Å². The van der Waals surface area contributed by atoms with Gasteiger partial charge in [0.25, 0.3) is 0 Å². The first-order valence-electron chi connectivity index (χ1n) is 9.99. The summed E-state index contributed by atoms with van der Waals surface area (Å²) in [6.07, 6.45) is 7.58. The van der Waals surface area contributed by atoms with Gasteiger partial charge in [-0.1, -0.05) is 18.2 Å². The van der Waals surface area contributed by atoms with Gasteiger partial charge >= 0.3 is 0 Å². The average Bonchev–Trinajstić information content (AvgIpc) is 3.06. The number of ketones is 1. The molecule has 0 fully saturated rings. The molecule has 144 valence electrons. The van der Waals surface area contributed by atoms with Gasteiger partial charge < -0.3 is 0 Å². The third kappa shape index (κ3) is 3.27. The van der Waals surface area contributed by atoms with Gasteiger partial charge in [-0.15, -0.1) is 0 Å². The lowest BCUT2D eigenvalue weighted by Crippen LogP contribution is -2.15. The topological polar surface area (TPSA) is 54.7 Å². The van der Waals surface area contributed by atoms with Crippen molar-refractivity contribution in [3.63, 3.8) is 0 Å². The van der Waals surface area contributed by atoms with Crippen LogP contribution in [0.3, 0.4) is 0 Å². The smallest absolute Gasteiger partial charge is 0.163 e. The first kappa shape index (κ1) is 17.9. The van der Waals surface area contributed by atoms with Crippen LogP contribution in [0.5, 0.6) is 0 Å². The molecular formula is C24H20FN3O. The summed E-state index contributed by atoms with van der Waals surface area (Å²) < 4.78 is 13.4. The summed E-state index contributed by atoms with van der Waals surface area (Å²) in [7, 11) is 0. The average molecular weight is 385 g/mol. The molecule has 0 spiro atoms. The van der Waals surface area contributed by atoms with Gasteiger partial charge in [-0.3, -0.25) is 9.78 Å². The van der Waals surface area contributed by atoms with E-state index in [1.165, 1.54) is 12.1 Å². The van der Waals surface area contributed by atoms with Crippen LogP contribution in [0, 0.1) is 5.82 Å². The van der Waals surface area contributed by atoms with Crippen molar-refractivity contribution in [1.29, 1.82) is 0 Å². The third-order valence-corrected chi connectivity index (χ3v) is 5.74. The standard InChI is InChI=1S/C24H20FN3O/c25-17-10-8-15(9-11-17)24-23-19-6-1-2-7-21(29)22(19)16(14-20(23)27-28-24)13-18-5-3-4-12-26-18/h3-5,8-13,24H,1-2,6-7,14H2. The molecule has 5 rings (SSSR count). The van der Waals surface area contributed by atoms with E-state index in [4.69, 9.17) is 0 Å². The second-order valence-electron chi connectivity index (χ2n) is 7.61. The highest BCUT2D eigenvalue weighted by molar-refractivity contribution is 6.03. The largest absolute Gasteiger partial charge is 0.294 e. The minimum atomic E-state index is -0.272. The van der Waals surface area contributed by atoms with Crippen LogP contribution in [0.2, 0.25) is 0 Å². The number of carbonyl (C=O) groups is 1. The Balaban J connectivity index is 1.63. The molecular weight excluding hydrogens is 365 g/mol. The molecule has 1 aromatic heterocycles. The van der Waals surface area contributed by atoms with Crippen LogP contribution >= 0.6 is 0 Å². The molecule has 3 aliphatic rings. The summed E-state index contributed by atoms with van der Waals surface area (Å²) in [5.74, 6) is -0.0809. The highest BCUT2D eigenvalue weighted by Crippen LogP contribution is 2.49. The van der Waals surface area contributed by atoms with Crippen molar-refractivity contribution < 1.29 is 9.18 Å². The molecule has 0 amide bonds. The van der Waals surface area contributed by atoms with Crippen LogP contribution in [0.15, 0.2) is 86.9 Å². The molecule has 2 aromatic rings. The Hall–Kier alpha value is -3.21. The van der Waals surface area contributed by atoms with Crippen molar-refractivity contribution in [3.8, 4) is 0 Å². The SMILES string of the molecule is O=C1CCCCC2=C1C(=Cc1ccccn1)CC1=C2C(c2ccc(F)cc2)N=N1. The Morgan fingerprint density at radius 1 is 1.03 bits per heavy atom. The highest BCUT2D eigenvalue weighted by Gasteiger charge is 2.37. The summed E-state index contributed by atoms with van der Waals surface area (Å²) in [6, 6.07) is 11.9. The van der Waals surface area contributed by atoms with E-state index in [1.54, 1.807) is 18.3 Å². The lowest BCUT2D eigenvalue weighted by atomic mass is 9.78. The Morgan fingerprint density at radius 3 is 2.66 bits per heavy atom. The van der Waals surface area contributed by atoms with Gasteiger partial charge in [-0.25, -0.2) is 4.39 Å². The zero-order valence-corrected chi connectivity index (χ0v) is 15.9. The van der Waals surface area contributed by atoms with Crippen LogP contribution in [-0.4, -0.2) is 10.8 Å². The molecule has 5 heteroatoms. The summed E-state index contributed by atoms with van der Waals surface area (Å²) in [5, 5.41) is 8.99. The predicted molar refractivity (Wildman–Crippen MR) is 108 cm³/mol. The van der Waals surface area contributed by atoms with E-state index in [2.05, 4.69) is 15.2 Å². The second kappa shape index (κ2) is 7.32. The van der Waals surface area contributed by atoms with E-state index in [9.17, 15) is 9.18 Å². The van der Waals surface area contributed by atoms with Crippen molar-refractivity contribution in [2.45, 2.75) is 38.1 Å². The summed E-state index contributed by atoms with van der Waals surface area (Å²) in [5.41, 5.74) is 6.56. The minimum Gasteiger partial charge on any atom is -0.294 e. The van der Waals surface area contributed by atoms with Crippen molar-refractivity contribution in [1.82, 2.24) is 4.98 Å². The normalized spacial score (nSPS) is 22.7. The number of azo groups is 1. The molecule has 0 saturated carbocycles. The van der Waals surface area contributed by atoms with Gasteiger partial charge in [0.05, 0.1) is 11.4 Å². The molecule has 1 unspecified atom stereocenters. The van der Waals surface area contributed by atoms with Gasteiger partial charge in [0.2, 0.25) is 0 Å². The fourth-order valence-corrected chi connectivity index (χ4v) is 4.42. The maximum absolute atomic E-state index is 13.4. The first-order chi connectivity index (χ1) is 14.2. The van der Waals surface area contributed by atoms with Gasteiger partial charge in [-0.05, 0) is 66.3 Å². The zero-order chi connectivity index (χ0) is 19.8. The maximum Gasteiger partial charge on any atom is 0.163 e. The van der Waals surface area contributed by atoms with E-state index >= 15 is 0 Å². The van der Waals surface area contributed by atoms with Gasteiger partial charge in [0.15, 0.2) is 5.78 Å². The van der Waals surface area contributed by atoms with Gasteiger partial charge in [0.1, 0.15) is 11.9 Å². The van der Waals surface area contributed by atoms with Crippen molar-refractivity contribution >= 4 is 11.9 Å². The number of nitrogens with zero attached hydrogens (tertiary/aromatic N) is 3. The number of Topliss-reactive ketones (excluding diaryl/α,β-unsaturated/α-hetero) is 1. The van der Waals surface area contributed by atoms with E-state index in [0.29, 0.717) is 12.8 Å². The minimum absolute atomic E-state index is 0.191. The van der Waals surface area contributed by atoms with Crippen molar-refractivity contribution in [2.75, 3.05) is 0 Å². The Bertz CT molecular complexity index is 1090. The fourth-order valence-electron chi connectivity index (χ4n) is 4.42. The molecule has 29 heavy (non-hydrogen) atoms. The Morgan fingerprint density at radius 2 is 1.86 bits per heavy atom. The number of aromatic nitrogens is 1. The number of benzene rings is 1. The van der Waals surface area contributed by atoms with Gasteiger partial charge in [-0.2, -0.15) is 10.2 Å². The van der Waals surface area contributed by atoms with Gasteiger partial charge in [0, 0.05) is 30.2 Å². The molecule has 0 N–H and O–H groups in total. The van der Waals surface area contributed by atoms with Crippen molar-refractivity contribution in [2.24, 2.45) is 10.2 Å². The van der Waals surface area contributed by atoms with Crippen LogP contribution in [-0.2, 0) is 4.79 Å². The molecule has 1 atom stereocenters. The van der Waals surface area contributed by atoms with Crippen LogP contribution in [0.4, 0.5) is 4.39 Å². The molecule has 0 saturated heterocycles. The third-order valence-electron chi connectivity index (χ3n) is 5.74. The molecule has 2 aliphatic carbocycles.